The number of aromatic nitrogens is 1. The van der Waals surface area contributed by atoms with Crippen molar-refractivity contribution in [1.29, 1.82) is 0 Å². The van der Waals surface area contributed by atoms with Crippen molar-refractivity contribution in [3.05, 3.63) is 101 Å². The Labute approximate surface area is 197 Å². The van der Waals surface area contributed by atoms with Gasteiger partial charge >= 0.3 is 0 Å². The van der Waals surface area contributed by atoms with Gasteiger partial charge in [0.15, 0.2) is 0 Å². The number of carbonyl (C=O) groups is 2. The second-order valence-corrected chi connectivity index (χ2v) is 8.25. The van der Waals surface area contributed by atoms with Crippen molar-refractivity contribution in [3.8, 4) is 5.75 Å². The molecule has 1 fully saturated rings. The number of H-pyrrole nitrogens is 1. The maximum Gasteiger partial charge on any atom is 0.300 e. The van der Waals surface area contributed by atoms with Gasteiger partial charge in [-0.25, -0.2) is 0 Å². The van der Waals surface area contributed by atoms with Crippen LogP contribution in [0.25, 0.3) is 16.7 Å². The molecule has 2 N–H and O–H groups in total. The number of fused-ring (bicyclic) bond motifs is 1. The lowest BCUT2D eigenvalue weighted by molar-refractivity contribution is -0.132. The molecule has 0 aliphatic carbocycles. The molecule has 2 heterocycles. The normalized spacial score (nSPS) is 17.5. The standard InChI is InChI=1S/C28H24N2O4/c1-3-34-20-14-12-19(13-15-20)30-25(22-16-29-23-7-5-4-6-21(22)23)24(27(32)28(30)33)26(31)18-10-8-17(2)9-11-18/h4-16,25,29,31H,3H2,1-2H3/b26-24+. The Bertz CT molecular complexity index is 1420. The zero-order valence-electron chi connectivity index (χ0n) is 18.9. The van der Waals surface area contributed by atoms with E-state index in [1.54, 1.807) is 42.6 Å². The van der Waals surface area contributed by atoms with Crippen LogP contribution in [-0.4, -0.2) is 28.4 Å². The van der Waals surface area contributed by atoms with Gasteiger partial charge in [0.1, 0.15) is 11.5 Å². The van der Waals surface area contributed by atoms with Gasteiger partial charge in [0.25, 0.3) is 11.7 Å². The van der Waals surface area contributed by atoms with Crippen LogP contribution in [0.4, 0.5) is 5.69 Å². The fraction of sp³-hybridized carbons (Fsp3) is 0.143. The average molecular weight is 453 g/mol. The first-order chi connectivity index (χ1) is 16.5. The SMILES string of the molecule is CCOc1ccc(N2C(=O)C(=O)/C(=C(/O)c3ccc(C)cc3)C2c2c[nH]c3ccccc23)cc1. The number of hydrogen-bond acceptors (Lipinski definition) is 4. The molecule has 34 heavy (non-hydrogen) atoms. The summed E-state index contributed by atoms with van der Waals surface area (Å²) in [6.07, 6.45) is 1.80. The van der Waals surface area contributed by atoms with Crippen molar-refractivity contribution in [3.63, 3.8) is 0 Å². The van der Waals surface area contributed by atoms with Gasteiger partial charge in [0, 0.05) is 33.9 Å². The predicted molar refractivity (Wildman–Crippen MR) is 132 cm³/mol. The molecule has 6 nitrogen and oxygen atoms in total. The number of aliphatic hydroxyl groups is 1. The monoisotopic (exact) mass is 452 g/mol. The van der Waals surface area contributed by atoms with Crippen LogP contribution in [0, 0.1) is 6.92 Å². The molecule has 5 rings (SSSR count). The number of nitrogens with zero attached hydrogens (tertiary/aromatic N) is 1. The van der Waals surface area contributed by atoms with E-state index in [0.29, 0.717) is 23.6 Å². The van der Waals surface area contributed by atoms with Crippen LogP contribution in [0.1, 0.15) is 29.7 Å². The van der Waals surface area contributed by atoms with Gasteiger partial charge in [0.2, 0.25) is 0 Å². The summed E-state index contributed by atoms with van der Waals surface area (Å²) in [7, 11) is 0. The van der Waals surface area contributed by atoms with Crippen molar-refractivity contribution in [2.75, 3.05) is 11.5 Å². The molecule has 1 atom stereocenters. The molecule has 6 heteroatoms. The molecule has 1 aliphatic rings. The number of ether oxygens (including phenoxy) is 1. The molecule has 1 aromatic heterocycles. The van der Waals surface area contributed by atoms with Crippen molar-refractivity contribution in [1.82, 2.24) is 4.98 Å². The van der Waals surface area contributed by atoms with Crippen molar-refractivity contribution in [2.45, 2.75) is 19.9 Å². The minimum absolute atomic E-state index is 0.0625. The van der Waals surface area contributed by atoms with Crippen LogP contribution in [0.5, 0.6) is 5.75 Å². The van der Waals surface area contributed by atoms with Crippen LogP contribution < -0.4 is 9.64 Å². The molecule has 4 aromatic rings. The van der Waals surface area contributed by atoms with E-state index < -0.39 is 17.7 Å². The Balaban J connectivity index is 1.72. The van der Waals surface area contributed by atoms with E-state index in [1.165, 1.54) is 4.90 Å². The van der Waals surface area contributed by atoms with Crippen LogP contribution in [0.3, 0.4) is 0 Å². The summed E-state index contributed by atoms with van der Waals surface area (Å²) in [5.74, 6) is -0.927. The smallest absolute Gasteiger partial charge is 0.300 e. The first-order valence-electron chi connectivity index (χ1n) is 11.2. The number of anilines is 1. The zero-order valence-corrected chi connectivity index (χ0v) is 18.9. The van der Waals surface area contributed by atoms with Gasteiger partial charge in [-0.2, -0.15) is 0 Å². The van der Waals surface area contributed by atoms with Gasteiger partial charge < -0.3 is 14.8 Å². The fourth-order valence-electron chi connectivity index (χ4n) is 4.45. The maximum absolute atomic E-state index is 13.3. The number of hydrogen-bond donors (Lipinski definition) is 2. The molecule has 1 saturated heterocycles. The van der Waals surface area contributed by atoms with Crippen LogP contribution in [0.15, 0.2) is 84.6 Å². The Morgan fingerprint density at radius 2 is 1.71 bits per heavy atom. The number of para-hydroxylation sites is 1. The van der Waals surface area contributed by atoms with Gasteiger partial charge in [-0.05, 0) is 44.2 Å². The minimum atomic E-state index is -0.796. The number of rotatable bonds is 5. The van der Waals surface area contributed by atoms with E-state index in [-0.39, 0.29) is 11.3 Å². The average Bonchev–Trinajstić information content (AvgIpc) is 3.38. The molecule has 0 spiro atoms. The largest absolute Gasteiger partial charge is 0.507 e. The molecule has 0 radical (unpaired) electrons. The third-order valence-electron chi connectivity index (χ3n) is 6.11. The predicted octanol–water partition coefficient (Wildman–Crippen LogP) is 5.50. The summed E-state index contributed by atoms with van der Waals surface area (Å²) in [6, 6.07) is 21.2. The number of nitrogens with one attached hydrogen (secondary N) is 1. The molecule has 1 aliphatic heterocycles. The van der Waals surface area contributed by atoms with E-state index in [9.17, 15) is 14.7 Å². The number of aryl methyl sites for hydroxylation is 1. The fourth-order valence-corrected chi connectivity index (χ4v) is 4.45. The molecular formula is C28H24N2O4. The van der Waals surface area contributed by atoms with E-state index in [4.69, 9.17) is 4.74 Å². The molecule has 1 amide bonds. The highest BCUT2D eigenvalue weighted by molar-refractivity contribution is 6.51. The second-order valence-electron chi connectivity index (χ2n) is 8.25. The first kappa shape index (κ1) is 21.5. The van der Waals surface area contributed by atoms with Gasteiger partial charge in [-0.1, -0.05) is 48.0 Å². The second kappa shape index (κ2) is 8.56. The number of ketones is 1. The molecule has 3 aromatic carbocycles. The molecule has 1 unspecified atom stereocenters. The quantitative estimate of drug-likeness (QED) is 0.238. The van der Waals surface area contributed by atoms with Crippen LogP contribution >= 0.6 is 0 Å². The van der Waals surface area contributed by atoms with Crippen LogP contribution in [-0.2, 0) is 9.59 Å². The molecule has 0 bridgehead atoms. The Morgan fingerprint density at radius 3 is 2.41 bits per heavy atom. The summed E-state index contributed by atoms with van der Waals surface area (Å²) in [5, 5.41) is 12.1. The zero-order chi connectivity index (χ0) is 23.8. The Kier molecular flexibility index (Phi) is 5.42. The number of aliphatic hydroxyl groups excluding tert-OH is 1. The van der Waals surface area contributed by atoms with Crippen molar-refractivity contribution in [2.24, 2.45) is 0 Å². The molecule has 0 saturated carbocycles. The highest BCUT2D eigenvalue weighted by atomic mass is 16.5. The summed E-state index contributed by atoms with van der Waals surface area (Å²) in [5.41, 5.74) is 3.73. The van der Waals surface area contributed by atoms with Gasteiger partial charge in [-0.3, -0.25) is 14.5 Å². The number of benzene rings is 3. The highest BCUT2D eigenvalue weighted by Crippen LogP contribution is 2.44. The Hall–Kier alpha value is -4.32. The van der Waals surface area contributed by atoms with E-state index in [0.717, 1.165) is 22.0 Å². The maximum atomic E-state index is 13.3. The topological polar surface area (TPSA) is 82.6 Å². The number of amides is 1. The third kappa shape index (κ3) is 3.53. The van der Waals surface area contributed by atoms with E-state index in [1.807, 2.05) is 50.2 Å². The third-order valence-corrected chi connectivity index (χ3v) is 6.11. The summed E-state index contributed by atoms with van der Waals surface area (Å²) >= 11 is 0. The lowest BCUT2D eigenvalue weighted by Crippen LogP contribution is -2.29. The van der Waals surface area contributed by atoms with E-state index >= 15 is 0 Å². The van der Waals surface area contributed by atoms with Crippen molar-refractivity contribution >= 4 is 34.0 Å². The number of Topliss-reactive ketones (excluding diaryl/α,β-unsaturated/α-hetero) is 1. The first-order valence-corrected chi connectivity index (χ1v) is 11.2. The van der Waals surface area contributed by atoms with Gasteiger partial charge in [0.05, 0.1) is 18.2 Å². The summed E-state index contributed by atoms with van der Waals surface area (Å²) in [6.45, 7) is 4.37. The van der Waals surface area contributed by atoms with Crippen LogP contribution in [0.2, 0.25) is 0 Å². The summed E-state index contributed by atoms with van der Waals surface area (Å²) in [4.78, 5) is 31.4. The van der Waals surface area contributed by atoms with Crippen molar-refractivity contribution < 1.29 is 19.4 Å². The number of carbonyl (C=O) groups excluding carboxylic acids is 2. The lowest BCUT2D eigenvalue weighted by atomic mass is 9.94. The van der Waals surface area contributed by atoms with E-state index in [2.05, 4.69) is 4.98 Å². The molecule has 170 valence electrons. The summed E-state index contributed by atoms with van der Waals surface area (Å²) < 4.78 is 5.53. The number of aromatic amines is 1. The Morgan fingerprint density at radius 1 is 1.00 bits per heavy atom. The van der Waals surface area contributed by atoms with Gasteiger partial charge in [-0.15, -0.1) is 0 Å². The minimum Gasteiger partial charge on any atom is -0.507 e. The highest BCUT2D eigenvalue weighted by Gasteiger charge is 2.47. The lowest BCUT2D eigenvalue weighted by Gasteiger charge is -2.25. The molecular weight excluding hydrogens is 428 g/mol.